The lowest BCUT2D eigenvalue weighted by Gasteiger charge is -2.34. The van der Waals surface area contributed by atoms with E-state index in [9.17, 15) is 4.79 Å². The molecular weight excluding hydrogens is 428 g/mol. The van der Waals surface area contributed by atoms with Crippen LogP contribution in [0.5, 0.6) is 23.1 Å². The van der Waals surface area contributed by atoms with Gasteiger partial charge in [0, 0.05) is 45.4 Å². The fraction of sp³-hybridized carbons (Fsp3) is 0.435. The highest BCUT2D eigenvalue weighted by Crippen LogP contribution is 2.38. The molecule has 0 atom stereocenters. The lowest BCUT2D eigenvalue weighted by molar-refractivity contribution is -0.126. The Morgan fingerprint density at radius 3 is 2.18 bits per heavy atom. The molecule has 1 fully saturated rings. The number of aromatic nitrogens is 2. The van der Waals surface area contributed by atoms with Gasteiger partial charge in [-0.3, -0.25) is 4.79 Å². The van der Waals surface area contributed by atoms with Gasteiger partial charge in [-0.1, -0.05) is 0 Å². The zero-order chi connectivity index (χ0) is 23.6. The first-order valence-corrected chi connectivity index (χ1v) is 10.6. The smallest absolute Gasteiger partial charge is 0.246 e. The summed E-state index contributed by atoms with van der Waals surface area (Å²) < 4.78 is 26.5. The topological polar surface area (TPSA) is 95.5 Å². The number of methoxy groups -OCH3 is 4. The van der Waals surface area contributed by atoms with Gasteiger partial charge in [0.2, 0.25) is 17.5 Å². The number of benzene rings is 1. The van der Waals surface area contributed by atoms with Crippen molar-refractivity contribution in [1.82, 2.24) is 15.1 Å². The quantitative estimate of drug-likeness (QED) is 0.391. The zero-order valence-corrected chi connectivity index (χ0v) is 19.4. The van der Waals surface area contributed by atoms with E-state index in [1.165, 1.54) is 0 Å². The summed E-state index contributed by atoms with van der Waals surface area (Å²) in [4.78, 5) is 16.6. The van der Waals surface area contributed by atoms with E-state index in [4.69, 9.17) is 23.7 Å². The predicted octanol–water partition coefficient (Wildman–Crippen LogP) is 1.89. The highest BCUT2D eigenvalue weighted by molar-refractivity contribution is 5.92. The van der Waals surface area contributed by atoms with E-state index in [2.05, 4.69) is 15.1 Å². The molecule has 0 aliphatic carbocycles. The number of carbonyl (C=O) groups excluding carboxylic acids is 1. The maximum atomic E-state index is 12.7. The number of ether oxygens (including phenoxy) is 5. The monoisotopic (exact) mass is 458 g/mol. The van der Waals surface area contributed by atoms with Crippen molar-refractivity contribution in [2.75, 3.05) is 72.7 Å². The number of hydrogen-bond acceptors (Lipinski definition) is 9. The van der Waals surface area contributed by atoms with Crippen molar-refractivity contribution in [3.8, 4) is 23.1 Å². The van der Waals surface area contributed by atoms with E-state index in [0.717, 1.165) is 11.4 Å². The van der Waals surface area contributed by atoms with Crippen LogP contribution in [0.3, 0.4) is 0 Å². The second-order valence-corrected chi connectivity index (χ2v) is 7.18. The van der Waals surface area contributed by atoms with Crippen LogP contribution in [-0.4, -0.2) is 88.8 Å². The molecule has 0 spiro atoms. The molecule has 178 valence electrons. The Morgan fingerprint density at radius 1 is 0.939 bits per heavy atom. The number of rotatable bonds is 10. The van der Waals surface area contributed by atoms with Gasteiger partial charge in [0.25, 0.3) is 0 Å². The van der Waals surface area contributed by atoms with Gasteiger partial charge in [-0.2, -0.15) is 0 Å². The zero-order valence-electron chi connectivity index (χ0n) is 19.4. The first kappa shape index (κ1) is 24.1. The minimum absolute atomic E-state index is 0.0589. The largest absolute Gasteiger partial charge is 0.493 e. The van der Waals surface area contributed by atoms with Crippen LogP contribution < -0.4 is 23.8 Å². The Labute approximate surface area is 193 Å². The Kier molecular flexibility index (Phi) is 8.71. The maximum absolute atomic E-state index is 12.7. The molecule has 0 bridgehead atoms. The average Bonchev–Trinajstić information content (AvgIpc) is 2.87. The van der Waals surface area contributed by atoms with E-state index in [1.807, 2.05) is 6.07 Å². The van der Waals surface area contributed by atoms with Crippen LogP contribution in [0.4, 0.5) is 5.82 Å². The third-order valence-electron chi connectivity index (χ3n) is 5.18. The third kappa shape index (κ3) is 6.26. The Morgan fingerprint density at radius 2 is 1.64 bits per heavy atom. The van der Waals surface area contributed by atoms with Crippen LogP contribution in [-0.2, 0) is 9.53 Å². The summed E-state index contributed by atoms with van der Waals surface area (Å²) in [6.07, 6.45) is 3.30. The Hall–Kier alpha value is -3.53. The van der Waals surface area contributed by atoms with Gasteiger partial charge >= 0.3 is 0 Å². The number of amides is 1. The Bertz CT molecular complexity index is 917. The summed E-state index contributed by atoms with van der Waals surface area (Å²) in [7, 11) is 6.28. The van der Waals surface area contributed by atoms with E-state index >= 15 is 0 Å². The molecule has 0 N–H and O–H groups in total. The Balaban J connectivity index is 1.56. The summed E-state index contributed by atoms with van der Waals surface area (Å²) in [5.41, 5.74) is 0.777. The normalized spacial score (nSPS) is 13.8. The summed E-state index contributed by atoms with van der Waals surface area (Å²) in [6.45, 7) is 3.44. The van der Waals surface area contributed by atoms with Gasteiger partial charge in [0.1, 0.15) is 6.61 Å². The van der Waals surface area contributed by atoms with Crippen LogP contribution >= 0.6 is 0 Å². The van der Waals surface area contributed by atoms with E-state index in [0.29, 0.717) is 62.5 Å². The van der Waals surface area contributed by atoms with Gasteiger partial charge in [0.05, 0.1) is 27.9 Å². The first-order valence-electron chi connectivity index (χ1n) is 10.6. The fourth-order valence-corrected chi connectivity index (χ4v) is 3.41. The van der Waals surface area contributed by atoms with Gasteiger partial charge in [0.15, 0.2) is 17.3 Å². The van der Waals surface area contributed by atoms with Gasteiger partial charge in [-0.05, 0) is 29.8 Å². The van der Waals surface area contributed by atoms with Crippen molar-refractivity contribution in [1.29, 1.82) is 0 Å². The SMILES string of the molecule is COCCOc1ccc(N2CCN(C(=O)/C=C/c3cc(OC)c(OC)c(OC)c3)CC2)nn1. The summed E-state index contributed by atoms with van der Waals surface area (Å²) >= 11 is 0. The standard InChI is InChI=1S/C23H30N4O6/c1-29-13-14-33-21-7-6-20(24-25-21)26-9-11-27(12-10-26)22(28)8-5-17-15-18(30-2)23(32-4)19(16-17)31-3/h5-8,15-16H,9-14H2,1-4H3/b8-5+. The fourth-order valence-electron chi connectivity index (χ4n) is 3.41. The highest BCUT2D eigenvalue weighted by Gasteiger charge is 2.21. The van der Waals surface area contributed by atoms with E-state index < -0.39 is 0 Å². The van der Waals surface area contributed by atoms with Crippen molar-refractivity contribution in [3.63, 3.8) is 0 Å². The minimum Gasteiger partial charge on any atom is -0.493 e. The average molecular weight is 459 g/mol. The van der Waals surface area contributed by atoms with Crippen molar-refractivity contribution in [2.24, 2.45) is 0 Å². The molecular formula is C23H30N4O6. The predicted molar refractivity (Wildman–Crippen MR) is 123 cm³/mol. The highest BCUT2D eigenvalue weighted by atomic mass is 16.5. The minimum atomic E-state index is -0.0589. The summed E-state index contributed by atoms with van der Waals surface area (Å²) in [5, 5.41) is 8.33. The lowest BCUT2D eigenvalue weighted by Crippen LogP contribution is -2.48. The second-order valence-electron chi connectivity index (χ2n) is 7.18. The molecule has 2 heterocycles. The summed E-state index contributed by atoms with van der Waals surface area (Å²) in [6, 6.07) is 7.25. The van der Waals surface area contributed by atoms with Crippen molar-refractivity contribution < 1.29 is 28.5 Å². The third-order valence-corrected chi connectivity index (χ3v) is 5.18. The number of hydrogen-bond donors (Lipinski definition) is 0. The first-order chi connectivity index (χ1) is 16.1. The molecule has 10 heteroatoms. The number of nitrogens with zero attached hydrogens (tertiary/aromatic N) is 4. The maximum Gasteiger partial charge on any atom is 0.246 e. The molecule has 1 aliphatic heterocycles. The molecule has 10 nitrogen and oxygen atoms in total. The molecule has 1 aromatic carbocycles. The number of carbonyl (C=O) groups is 1. The van der Waals surface area contributed by atoms with Gasteiger partial charge in [-0.15, -0.1) is 10.2 Å². The van der Waals surface area contributed by atoms with Crippen molar-refractivity contribution in [3.05, 3.63) is 35.9 Å². The van der Waals surface area contributed by atoms with Gasteiger partial charge < -0.3 is 33.5 Å². The van der Waals surface area contributed by atoms with Crippen LogP contribution in [0.25, 0.3) is 6.08 Å². The van der Waals surface area contributed by atoms with Crippen LogP contribution in [0.15, 0.2) is 30.3 Å². The van der Waals surface area contributed by atoms with Gasteiger partial charge in [-0.25, -0.2) is 0 Å². The van der Waals surface area contributed by atoms with Crippen molar-refractivity contribution in [2.45, 2.75) is 0 Å². The molecule has 0 unspecified atom stereocenters. The second kappa shape index (κ2) is 11.9. The molecule has 1 aromatic heterocycles. The molecule has 3 rings (SSSR count). The molecule has 1 aliphatic rings. The van der Waals surface area contributed by atoms with Crippen LogP contribution in [0.1, 0.15) is 5.56 Å². The van der Waals surface area contributed by atoms with Crippen LogP contribution in [0.2, 0.25) is 0 Å². The molecule has 0 radical (unpaired) electrons. The van der Waals surface area contributed by atoms with Crippen molar-refractivity contribution >= 4 is 17.8 Å². The summed E-state index contributed by atoms with van der Waals surface area (Å²) in [5.74, 6) is 2.74. The molecule has 1 saturated heterocycles. The lowest BCUT2D eigenvalue weighted by atomic mass is 10.1. The number of anilines is 1. The molecule has 1 amide bonds. The van der Waals surface area contributed by atoms with E-state index in [1.54, 1.807) is 63.7 Å². The molecule has 0 saturated carbocycles. The van der Waals surface area contributed by atoms with Crippen LogP contribution in [0, 0.1) is 0 Å². The molecule has 2 aromatic rings. The molecule has 33 heavy (non-hydrogen) atoms. The number of piperazine rings is 1. The van der Waals surface area contributed by atoms with E-state index in [-0.39, 0.29) is 5.91 Å².